The molecular formula is C7H17O2P. The Kier molecular flexibility index (Phi) is 3.79. The van der Waals surface area contributed by atoms with Crippen LogP contribution in [-0.2, 0) is 4.52 Å². The zero-order valence-corrected chi connectivity index (χ0v) is 8.27. The summed E-state index contributed by atoms with van der Waals surface area (Å²) in [6.07, 6.45) is 0.119. The van der Waals surface area contributed by atoms with Gasteiger partial charge in [0.25, 0.3) is 0 Å². The molecular weight excluding hydrogens is 147 g/mol. The van der Waals surface area contributed by atoms with Gasteiger partial charge in [-0.2, -0.15) is 0 Å². The molecule has 62 valence electrons. The third kappa shape index (κ3) is 4.21. The van der Waals surface area contributed by atoms with Crippen LogP contribution in [0.4, 0.5) is 0 Å². The van der Waals surface area contributed by atoms with Gasteiger partial charge in [-0.25, -0.2) is 0 Å². The van der Waals surface area contributed by atoms with Gasteiger partial charge in [-0.05, 0) is 12.3 Å². The summed E-state index contributed by atoms with van der Waals surface area (Å²) in [5.74, 6) is 0. The molecule has 0 aromatic carbocycles. The second kappa shape index (κ2) is 3.66. The first-order valence-electron chi connectivity index (χ1n) is 3.43. The highest BCUT2D eigenvalue weighted by molar-refractivity contribution is 7.45. The molecule has 0 spiro atoms. The van der Waals surface area contributed by atoms with Crippen molar-refractivity contribution in [2.75, 3.05) is 6.66 Å². The van der Waals surface area contributed by atoms with Crippen molar-refractivity contribution in [1.82, 2.24) is 0 Å². The van der Waals surface area contributed by atoms with Crippen molar-refractivity contribution in [3.05, 3.63) is 0 Å². The maximum Gasteiger partial charge on any atom is 0.164 e. The summed E-state index contributed by atoms with van der Waals surface area (Å²) in [5.41, 5.74) is 0.124. The van der Waals surface area contributed by atoms with Crippen LogP contribution >= 0.6 is 8.38 Å². The van der Waals surface area contributed by atoms with E-state index in [9.17, 15) is 0 Å². The van der Waals surface area contributed by atoms with E-state index in [1.165, 1.54) is 0 Å². The van der Waals surface area contributed by atoms with Crippen LogP contribution in [-0.4, -0.2) is 17.7 Å². The Balaban J connectivity index is 3.73. The molecule has 0 amide bonds. The van der Waals surface area contributed by atoms with Crippen molar-refractivity contribution in [3.63, 3.8) is 0 Å². The van der Waals surface area contributed by atoms with Gasteiger partial charge in [-0.1, -0.05) is 20.8 Å². The van der Waals surface area contributed by atoms with Crippen molar-refractivity contribution in [2.45, 2.75) is 33.8 Å². The summed E-state index contributed by atoms with van der Waals surface area (Å²) in [6.45, 7) is 9.95. The van der Waals surface area contributed by atoms with E-state index >= 15 is 0 Å². The molecule has 10 heavy (non-hydrogen) atoms. The number of hydrogen-bond acceptors (Lipinski definition) is 2. The van der Waals surface area contributed by atoms with Gasteiger partial charge in [0.05, 0.1) is 6.10 Å². The highest BCUT2D eigenvalue weighted by Gasteiger charge is 2.21. The first kappa shape index (κ1) is 10.3. The van der Waals surface area contributed by atoms with Crippen LogP contribution in [0.2, 0.25) is 0 Å². The first-order chi connectivity index (χ1) is 4.34. The second-order valence-corrected chi connectivity index (χ2v) is 4.72. The molecule has 0 fully saturated rings. The second-order valence-electron chi connectivity index (χ2n) is 3.58. The summed E-state index contributed by atoms with van der Waals surface area (Å²) in [7, 11) is -1.20. The highest BCUT2D eigenvalue weighted by atomic mass is 31.2. The van der Waals surface area contributed by atoms with E-state index in [2.05, 4.69) is 20.8 Å². The normalized spacial score (nSPS) is 18.6. The third-order valence-electron chi connectivity index (χ3n) is 1.53. The standard InChI is InChI=1S/C7H17O2P/c1-6(7(2,3)4)9-10(5)8/h6,8H,1-5H3/t6-,10?/m0/s1. The van der Waals surface area contributed by atoms with Gasteiger partial charge in [-0.3, -0.25) is 0 Å². The Hall–Kier alpha value is 0.350. The fraction of sp³-hybridized carbons (Fsp3) is 1.00. The fourth-order valence-electron chi connectivity index (χ4n) is 0.387. The van der Waals surface area contributed by atoms with Crippen LogP contribution in [0.5, 0.6) is 0 Å². The molecule has 0 rings (SSSR count). The average Bonchev–Trinajstić information content (AvgIpc) is 1.60. The minimum absolute atomic E-state index is 0.119. The number of rotatable bonds is 2. The van der Waals surface area contributed by atoms with Crippen LogP contribution in [0.25, 0.3) is 0 Å². The van der Waals surface area contributed by atoms with E-state index in [0.717, 1.165) is 0 Å². The minimum Gasteiger partial charge on any atom is -0.350 e. The molecule has 2 atom stereocenters. The highest BCUT2D eigenvalue weighted by Crippen LogP contribution is 2.34. The van der Waals surface area contributed by atoms with E-state index < -0.39 is 8.38 Å². The van der Waals surface area contributed by atoms with Crippen LogP contribution in [0.15, 0.2) is 0 Å². The van der Waals surface area contributed by atoms with Gasteiger partial charge in [0.15, 0.2) is 8.38 Å². The molecule has 3 heteroatoms. The molecule has 0 saturated carbocycles. The van der Waals surface area contributed by atoms with Gasteiger partial charge in [0, 0.05) is 6.66 Å². The van der Waals surface area contributed by atoms with Gasteiger partial charge in [0.1, 0.15) is 0 Å². The zero-order chi connectivity index (χ0) is 8.36. The van der Waals surface area contributed by atoms with E-state index in [4.69, 9.17) is 9.42 Å². The molecule has 0 aliphatic carbocycles. The predicted octanol–water partition coefficient (Wildman–Crippen LogP) is 2.37. The van der Waals surface area contributed by atoms with Crippen molar-refractivity contribution in [2.24, 2.45) is 5.41 Å². The Bertz CT molecular complexity index is 96.3. The molecule has 0 bridgehead atoms. The summed E-state index contributed by atoms with van der Waals surface area (Å²) in [5, 5.41) is 0. The van der Waals surface area contributed by atoms with E-state index in [-0.39, 0.29) is 11.5 Å². The lowest BCUT2D eigenvalue weighted by Gasteiger charge is -2.27. The van der Waals surface area contributed by atoms with E-state index in [1.54, 1.807) is 6.66 Å². The first-order valence-corrected chi connectivity index (χ1v) is 5.09. The Morgan fingerprint density at radius 3 is 1.90 bits per heavy atom. The van der Waals surface area contributed by atoms with Gasteiger partial charge < -0.3 is 9.42 Å². The monoisotopic (exact) mass is 164 g/mol. The minimum atomic E-state index is -1.20. The molecule has 0 aliphatic heterocycles. The largest absolute Gasteiger partial charge is 0.350 e. The van der Waals surface area contributed by atoms with Gasteiger partial charge >= 0.3 is 0 Å². The SMILES string of the molecule is C[C@H](OP(C)O)C(C)(C)C. The lowest BCUT2D eigenvalue weighted by atomic mass is 9.91. The fourth-order valence-corrected chi connectivity index (χ4v) is 1.16. The van der Waals surface area contributed by atoms with Gasteiger partial charge in [-0.15, -0.1) is 0 Å². The maximum absolute atomic E-state index is 8.93. The Morgan fingerprint density at radius 1 is 1.40 bits per heavy atom. The van der Waals surface area contributed by atoms with Crippen molar-refractivity contribution < 1.29 is 9.42 Å². The van der Waals surface area contributed by atoms with Crippen molar-refractivity contribution in [3.8, 4) is 0 Å². The third-order valence-corrected chi connectivity index (χ3v) is 2.15. The molecule has 1 unspecified atom stereocenters. The quantitative estimate of drug-likeness (QED) is 0.635. The Morgan fingerprint density at radius 2 is 1.80 bits per heavy atom. The predicted molar refractivity (Wildman–Crippen MR) is 45.1 cm³/mol. The summed E-state index contributed by atoms with van der Waals surface area (Å²) in [6, 6.07) is 0. The summed E-state index contributed by atoms with van der Waals surface area (Å²) >= 11 is 0. The molecule has 1 N–H and O–H groups in total. The van der Waals surface area contributed by atoms with Crippen molar-refractivity contribution in [1.29, 1.82) is 0 Å². The van der Waals surface area contributed by atoms with Gasteiger partial charge in [0.2, 0.25) is 0 Å². The van der Waals surface area contributed by atoms with E-state index in [1.807, 2.05) is 6.92 Å². The lowest BCUT2D eigenvalue weighted by Crippen LogP contribution is -2.24. The topological polar surface area (TPSA) is 29.5 Å². The lowest BCUT2D eigenvalue weighted by molar-refractivity contribution is 0.106. The maximum atomic E-state index is 8.93. The Labute approximate surface area is 64.5 Å². The van der Waals surface area contributed by atoms with Crippen LogP contribution < -0.4 is 0 Å². The molecule has 0 aromatic rings. The molecule has 0 saturated heterocycles. The average molecular weight is 164 g/mol. The summed E-state index contributed by atoms with van der Waals surface area (Å²) in [4.78, 5) is 8.93. The van der Waals surface area contributed by atoms with E-state index in [0.29, 0.717) is 0 Å². The van der Waals surface area contributed by atoms with Crippen LogP contribution in [0.1, 0.15) is 27.7 Å². The van der Waals surface area contributed by atoms with Crippen LogP contribution in [0.3, 0.4) is 0 Å². The summed E-state index contributed by atoms with van der Waals surface area (Å²) < 4.78 is 5.23. The molecule has 2 nitrogen and oxygen atoms in total. The molecule has 0 heterocycles. The molecule has 0 radical (unpaired) electrons. The van der Waals surface area contributed by atoms with Crippen molar-refractivity contribution >= 4 is 8.38 Å². The smallest absolute Gasteiger partial charge is 0.164 e. The van der Waals surface area contributed by atoms with Crippen LogP contribution in [0, 0.1) is 5.41 Å². The number of hydrogen-bond donors (Lipinski definition) is 1. The zero-order valence-electron chi connectivity index (χ0n) is 7.38. The molecule has 0 aliphatic rings. The molecule has 0 aromatic heterocycles.